The molecule has 1 N–H and O–H groups in total. The number of carbonyl (C=O) groups is 1. The van der Waals surface area contributed by atoms with Gasteiger partial charge in [-0.2, -0.15) is 5.10 Å². The van der Waals surface area contributed by atoms with Crippen molar-refractivity contribution in [3.8, 4) is 0 Å². The van der Waals surface area contributed by atoms with Crippen LogP contribution >= 0.6 is 0 Å². The molecule has 1 aromatic heterocycles. The van der Waals surface area contributed by atoms with Gasteiger partial charge in [0.2, 0.25) is 0 Å². The Labute approximate surface area is 118 Å². The van der Waals surface area contributed by atoms with E-state index in [0.717, 1.165) is 37.3 Å². The van der Waals surface area contributed by atoms with Gasteiger partial charge in [-0.15, -0.1) is 0 Å². The van der Waals surface area contributed by atoms with Crippen LogP contribution in [0.15, 0.2) is 42.6 Å². The molecule has 0 bridgehead atoms. The normalized spacial score (nSPS) is 14.5. The SMILES string of the molecule is O=C(Nc1ccnn1Cc1ccccc1)N1CCCC1. The van der Waals surface area contributed by atoms with Gasteiger partial charge in [0.1, 0.15) is 5.82 Å². The van der Waals surface area contributed by atoms with Crippen LogP contribution in [-0.4, -0.2) is 33.8 Å². The van der Waals surface area contributed by atoms with Gasteiger partial charge in [0.05, 0.1) is 12.7 Å². The van der Waals surface area contributed by atoms with Gasteiger partial charge in [0.25, 0.3) is 0 Å². The fraction of sp³-hybridized carbons (Fsp3) is 0.333. The number of aromatic nitrogens is 2. The molecule has 0 atom stereocenters. The zero-order chi connectivity index (χ0) is 13.8. The van der Waals surface area contributed by atoms with Gasteiger partial charge in [-0.1, -0.05) is 30.3 Å². The second-order valence-corrected chi connectivity index (χ2v) is 4.98. The number of hydrogen-bond donors (Lipinski definition) is 1. The van der Waals surface area contributed by atoms with Gasteiger partial charge >= 0.3 is 6.03 Å². The molecule has 1 aliphatic heterocycles. The highest BCUT2D eigenvalue weighted by Crippen LogP contribution is 2.13. The van der Waals surface area contributed by atoms with E-state index in [0.29, 0.717) is 6.54 Å². The molecule has 0 saturated carbocycles. The first kappa shape index (κ1) is 12.7. The lowest BCUT2D eigenvalue weighted by Gasteiger charge is -2.16. The lowest BCUT2D eigenvalue weighted by Crippen LogP contribution is -2.32. The van der Waals surface area contributed by atoms with Gasteiger partial charge in [0, 0.05) is 19.2 Å². The summed E-state index contributed by atoms with van der Waals surface area (Å²) < 4.78 is 1.81. The summed E-state index contributed by atoms with van der Waals surface area (Å²) in [7, 11) is 0. The number of carbonyl (C=O) groups excluding carboxylic acids is 1. The number of anilines is 1. The predicted molar refractivity (Wildman–Crippen MR) is 77.6 cm³/mol. The van der Waals surface area contributed by atoms with Crippen molar-refractivity contribution >= 4 is 11.8 Å². The van der Waals surface area contributed by atoms with Gasteiger partial charge in [-0.05, 0) is 18.4 Å². The average molecular weight is 270 g/mol. The number of amides is 2. The van der Waals surface area contributed by atoms with Crippen LogP contribution in [0.4, 0.5) is 10.6 Å². The minimum atomic E-state index is -0.0303. The molecule has 2 heterocycles. The molecule has 0 radical (unpaired) electrons. The lowest BCUT2D eigenvalue weighted by molar-refractivity contribution is 0.222. The summed E-state index contributed by atoms with van der Waals surface area (Å²) >= 11 is 0. The molecule has 2 amide bonds. The van der Waals surface area contributed by atoms with Crippen molar-refractivity contribution < 1.29 is 4.79 Å². The highest BCUT2D eigenvalue weighted by atomic mass is 16.2. The Morgan fingerprint density at radius 2 is 1.90 bits per heavy atom. The first-order valence-electron chi connectivity index (χ1n) is 6.94. The molecule has 1 aromatic carbocycles. The summed E-state index contributed by atoms with van der Waals surface area (Å²) in [5.41, 5.74) is 1.16. The second kappa shape index (κ2) is 5.77. The van der Waals surface area contributed by atoms with Crippen molar-refractivity contribution in [2.45, 2.75) is 19.4 Å². The molecule has 1 saturated heterocycles. The molecular weight excluding hydrogens is 252 g/mol. The summed E-state index contributed by atoms with van der Waals surface area (Å²) in [6.45, 7) is 2.35. The number of nitrogens with zero attached hydrogens (tertiary/aromatic N) is 3. The highest BCUT2D eigenvalue weighted by Gasteiger charge is 2.18. The summed E-state index contributed by atoms with van der Waals surface area (Å²) in [5.74, 6) is 0.741. The molecule has 5 heteroatoms. The molecule has 2 aromatic rings. The standard InChI is InChI=1S/C15H18N4O/c20-15(18-10-4-5-11-18)17-14-8-9-16-19(14)12-13-6-2-1-3-7-13/h1-3,6-9H,4-5,10-12H2,(H,17,20). The number of likely N-dealkylation sites (tertiary alicyclic amines) is 1. The van der Waals surface area contributed by atoms with Crippen LogP contribution in [-0.2, 0) is 6.54 Å². The molecule has 20 heavy (non-hydrogen) atoms. The Balaban J connectivity index is 1.68. The number of nitrogens with one attached hydrogen (secondary N) is 1. The van der Waals surface area contributed by atoms with Gasteiger partial charge in [0.15, 0.2) is 0 Å². The molecule has 3 rings (SSSR count). The Kier molecular flexibility index (Phi) is 3.67. The molecule has 5 nitrogen and oxygen atoms in total. The van der Waals surface area contributed by atoms with Gasteiger partial charge in [-0.3, -0.25) is 5.32 Å². The number of hydrogen-bond acceptors (Lipinski definition) is 2. The van der Waals surface area contributed by atoms with E-state index >= 15 is 0 Å². The molecule has 1 fully saturated rings. The largest absolute Gasteiger partial charge is 0.324 e. The molecule has 0 unspecified atom stereocenters. The number of rotatable bonds is 3. The second-order valence-electron chi connectivity index (χ2n) is 4.98. The summed E-state index contributed by atoms with van der Waals surface area (Å²) in [4.78, 5) is 13.9. The lowest BCUT2D eigenvalue weighted by atomic mass is 10.2. The van der Waals surface area contributed by atoms with E-state index in [9.17, 15) is 4.79 Å². The number of benzene rings is 1. The predicted octanol–water partition coefficient (Wildman–Crippen LogP) is 2.56. The van der Waals surface area contributed by atoms with Crippen LogP contribution in [0.1, 0.15) is 18.4 Å². The Hall–Kier alpha value is -2.30. The van der Waals surface area contributed by atoms with Crippen molar-refractivity contribution in [2.24, 2.45) is 0 Å². The van der Waals surface area contributed by atoms with E-state index < -0.39 is 0 Å². The average Bonchev–Trinajstić information content (AvgIpc) is 3.12. The highest BCUT2D eigenvalue weighted by molar-refractivity contribution is 5.88. The smallest absolute Gasteiger partial charge is 0.322 e. The minimum Gasteiger partial charge on any atom is -0.324 e. The van der Waals surface area contributed by atoms with E-state index in [4.69, 9.17) is 0 Å². The van der Waals surface area contributed by atoms with Crippen molar-refractivity contribution in [2.75, 3.05) is 18.4 Å². The minimum absolute atomic E-state index is 0.0303. The maximum atomic E-state index is 12.1. The zero-order valence-electron chi connectivity index (χ0n) is 11.3. The Morgan fingerprint density at radius 3 is 2.65 bits per heavy atom. The van der Waals surface area contributed by atoms with Crippen molar-refractivity contribution in [3.05, 3.63) is 48.2 Å². The summed E-state index contributed by atoms with van der Waals surface area (Å²) in [6.07, 6.45) is 3.90. The van der Waals surface area contributed by atoms with E-state index in [1.54, 1.807) is 6.20 Å². The Morgan fingerprint density at radius 1 is 1.15 bits per heavy atom. The molecule has 104 valence electrons. The maximum absolute atomic E-state index is 12.1. The summed E-state index contributed by atoms with van der Waals surface area (Å²) in [6, 6.07) is 11.9. The fourth-order valence-electron chi connectivity index (χ4n) is 2.43. The topological polar surface area (TPSA) is 50.2 Å². The maximum Gasteiger partial charge on any atom is 0.322 e. The van der Waals surface area contributed by atoms with Crippen LogP contribution in [0.2, 0.25) is 0 Å². The first-order valence-corrected chi connectivity index (χ1v) is 6.94. The third-order valence-corrected chi connectivity index (χ3v) is 3.52. The van der Waals surface area contributed by atoms with Crippen molar-refractivity contribution in [1.82, 2.24) is 14.7 Å². The van der Waals surface area contributed by atoms with Crippen LogP contribution < -0.4 is 5.32 Å². The quantitative estimate of drug-likeness (QED) is 0.932. The first-order chi connectivity index (χ1) is 9.83. The van der Waals surface area contributed by atoms with Crippen LogP contribution in [0.5, 0.6) is 0 Å². The molecular formula is C15H18N4O. The van der Waals surface area contributed by atoms with Gasteiger partial charge < -0.3 is 4.90 Å². The zero-order valence-corrected chi connectivity index (χ0v) is 11.3. The van der Waals surface area contributed by atoms with Crippen LogP contribution in [0, 0.1) is 0 Å². The third-order valence-electron chi connectivity index (χ3n) is 3.52. The van der Waals surface area contributed by atoms with Crippen LogP contribution in [0.3, 0.4) is 0 Å². The number of urea groups is 1. The molecule has 0 spiro atoms. The van der Waals surface area contributed by atoms with Gasteiger partial charge in [-0.25, -0.2) is 9.48 Å². The van der Waals surface area contributed by atoms with Crippen LogP contribution in [0.25, 0.3) is 0 Å². The van der Waals surface area contributed by atoms with E-state index in [1.807, 2.05) is 46.0 Å². The molecule has 1 aliphatic rings. The fourth-order valence-corrected chi connectivity index (χ4v) is 2.43. The van der Waals surface area contributed by atoms with Crippen molar-refractivity contribution in [1.29, 1.82) is 0 Å². The summed E-state index contributed by atoms with van der Waals surface area (Å²) in [5, 5.41) is 7.21. The van der Waals surface area contributed by atoms with Crippen molar-refractivity contribution in [3.63, 3.8) is 0 Å². The van der Waals surface area contributed by atoms with E-state index in [-0.39, 0.29) is 6.03 Å². The van der Waals surface area contributed by atoms with E-state index in [2.05, 4.69) is 10.4 Å². The van der Waals surface area contributed by atoms with E-state index in [1.165, 1.54) is 0 Å². The third kappa shape index (κ3) is 2.82. The monoisotopic (exact) mass is 270 g/mol. The molecule has 0 aliphatic carbocycles. The Bertz CT molecular complexity index is 573.